The van der Waals surface area contributed by atoms with Crippen molar-refractivity contribution in [3.63, 3.8) is 0 Å². The highest BCUT2D eigenvalue weighted by molar-refractivity contribution is 7.91. The van der Waals surface area contributed by atoms with Gasteiger partial charge >= 0.3 is 0 Å². The second-order valence-corrected chi connectivity index (χ2v) is 8.04. The highest BCUT2D eigenvalue weighted by Gasteiger charge is 2.26. The van der Waals surface area contributed by atoms with E-state index in [1.54, 1.807) is 0 Å². The molecule has 1 aliphatic heterocycles. The summed E-state index contributed by atoms with van der Waals surface area (Å²) in [5.74, 6) is 1.31. The number of aromatic nitrogens is 2. The molecule has 2 aromatic rings. The SMILES string of the molecule is CCn1c(CC2CS(=O)(=O)CCN2)nc2cc(Cl)ccc21. The van der Waals surface area contributed by atoms with Crippen LogP contribution >= 0.6 is 11.6 Å². The summed E-state index contributed by atoms with van der Waals surface area (Å²) in [4.78, 5) is 4.63. The van der Waals surface area contributed by atoms with Crippen LogP contribution in [0.25, 0.3) is 11.0 Å². The number of aryl methyl sites for hydroxylation is 1. The largest absolute Gasteiger partial charge is 0.328 e. The number of imidazole rings is 1. The summed E-state index contributed by atoms with van der Waals surface area (Å²) in [5, 5.41) is 3.93. The monoisotopic (exact) mass is 327 g/mol. The van der Waals surface area contributed by atoms with Crippen LogP contribution in [0, 0.1) is 0 Å². The van der Waals surface area contributed by atoms with Gasteiger partial charge in [-0.25, -0.2) is 13.4 Å². The minimum atomic E-state index is -2.93. The number of fused-ring (bicyclic) bond motifs is 1. The summed E-state index contributed by atoms with van der Waals surface area (Å²) in [6, 6.07) is 5.59. The fourth-order valence-electron chi connectivity index (χ4n) is 2.88. The van der Waals surface area contributed by atoms with Gasteiger partial charge in [-0.2, -0.15) is 0 Å². The van der Waals surface area contributed by atoms with Crippen molar-refractivity contribution in [3.05, 3.63) is 29.0 Å². The minimum absolute atomic E-state index is 0.0682. The van der Waals surface area contributed by atoms with Gasteiger partial charge in [0.05, 0.1) is 22.5 Å². The van der Waals surface area contributed by atoms with Crippen LogP contribution < -0.4 is 5.32 Å². The number of hydrogen-bond donors (Lipinski definition) is 1. The fourth-order valence-corrected chi connectivity index (χ4v) is 4.49. The number of sulfone groups is 1. The lowest BCUT2D eigenvalue weighted by atomic mass is 10.2. The van der Waals surface area contributed by atoms with E-state index in [2.05, 4.69) is 21.8 Å². The third kappa shape index (κ3) is 3.07. The molecule has 21 heavy (non-hydrogen) atoms. The Labute approximate surface area is 129 Å². The average molecular weight is 328 g/mol. The van der Waals surface area contributed by atoms with Crippen molar-refractivity contribution in [3.8, 4) is 0 Å². The van der Waals surface area contributed by atoms with Gasteiger partial charge in [0.25, 0.3) is 0 Å². The minimum Gasteiger partial charge on any atom is -0.328 e. The van der Waals surface area contributed by atoms with E-state index < -0.39 is 9.84 Å². The van der Waals surface area contributed by atoms with Gasteiger partial charge in [0, 0.05) is 30.6 Å². The lowest BCUT2D eigenvalue weighted by Gasteiger charge is -2.23. The van der Waals surface area contributed by atoms with Gasteiger partial charge < -0.3 is 9.88 Å². The first kappa shape index (κ1) is 14.8. The summed E-state index contributed by atoms with van der Waals surface area (Å²) in [7, 11) is -2.93. The molecule has 0 radical (unpaired) electrons. The summed E-state index contributed by atoms with van der Waals surface area (Å²) in [5.41, 5.74) is 1.90. The molecule has 3 rings (SSSR count). The number of nitrogens with zero attached hydrogens (tertiary/aromatic N) is 2. The van der Waals surface area contributed by atoms with Crippen LogP contribution in [0.4, 0.5) is 0 Å². The normalized spacial score (nSPS) is 21.7. The van der Waals surface area contributed by atoms with Gasteiger partial charge in [0.1, 0.15) is 5.82 Å². The van der Waals surface area contributed by atoms with Gasteiger partial charge in [-0.1, -0.05) is 11.6 Å². The first-order chi connectivity index (χ1) is 9.98. The maximum absolute atomic E-state index is 11.7. The van der Waals surface area contributed by atoms with Crippen LogP contribution in [0.1, 0.15) is 12.7 Å². The van der Waals surface area contributed by atoms with Crippen molar-refractivity contribution in [1.82, 2.24) is 14.9 Å². The quantitative estimate of drug-likeness (QED) is 0.931. The Morgan fingerprint density at radius 3 is 3.00 bits per heavy atom. The molecule has 1 N–H and O–H groups in total. The van der Waals surface area contributed by atoms with Gasteiger partial charge in [-0.05, 0) is 25.1 Å². The Hall–Kier alpha value is -1.11. The van der Waals surface area contributed by atoms with Crippen LogP contribution in [0.3, 0.4) is 0 Å². The number of rotatable bonds is 3. The van der Waals surface area contributed by atoms with Crippen molar-refractivity contribution >= 4 is 32.5 Å². The van der Waals surface area contributed by atoms with Crippen molar-refractivity contribution < 1.29 is 8.42 Å². The van der Waals surface area contributed by atoms with E-state index in [1.807, 2.05) is 18.2 Å². The molecule has 114 valence electrons. The molecule has 2 heterocycles. The Morgan fingerprint density at radius 1 is 1.48 bits per heavy atom. The second kappa shape index (κ2) is 5.59. The molecule has 0 spiro atoms. The van der Waals surface area contributed by atoms with Crippen LogP contribution in [0.15, 0.2) is 18.2 Å². The zero-order chi connectivity index (χ0) is 15.0. The molecule has 0 amide bonds. The van der Waals surface area contributed by atoms with Crippen LogP contribution in [-0.2, 0) is 22.8 Å². The Balaban J connectivity index is 1.93. The molecule has 1 saturated heterocycles. The Bertz CT molecular complexity index is 770. The molecular formula is C14H18ClN3O2S. The van der Waals surface area contributed by atoms with Crippen molar-refractivity contribution in [2.45, 2.75) is 25.9 Å². The highest BCUT2D eigenvalue weighted by atomic mass is 35.5. The third-order valence-electron chi connectivity index (χ3n) is 3.84. The number of hydrogen-bond acceptors (Lipinski definition) is 4. The zero-order valence-electron chi connectivity index (χ0n) is 11.8. The molecule has 0 saturated carbocycles. The van der Waals surface area contributed by atoms with Gasteiger partial charge in [0.2, 0.25) is 0 Å². The lowest BCUT2D eigenvalue weighted by Crippen LogP contribution is -2.46. The molecule has 5 nitrogen and oxygen atoms in total. The Kier molecular flexibility index (Phi) is 3.94. The van der Waals surface area contributed by atoms with Crippen molar-refractivity contribution in [2.24, 2.45) is 0 Å². The van der Waals surface area contributed by atoms with E-state index >= 15 is 0 Å². The summed E-state index contributed by atoms with van der Waals surface area (Å²) < 4.78 is 25.6. The predicted molar refractivity (Wildman–Crippen MR) is 84.6 cm³/mol. The molecule has 1 unspecified atom stereocenters. The lowest BCUT2D eigenvalue weighted by molar-refractivity contribution is 0.502. The van der Waals surface area contributed by atoms with Crippen LogP contribution in [0.5, 0.6) is 0 Å². The van der Waals surface area contributed by atoms with Crippen molar-refractivity contribution in [2.75, 3.05) is 18.1 Å². The highest BCUT2D eigenvalue weighted by Crippen LogP contribution is 2.21. The zero-order valence-corrected chi connectivity index (χ0v) is 13.4. The van der Waals surface area contributed by atoms with Crippen LogP contribution in [-0.4, -0.2) is 42.1 Å². The summed E-state index contributed by atoms with van der Waals surface area (Å²) >= 11 is 6.01. The standard InChI is InChI=1S/C14H18ClN3O2S/c1-2-18-13-4-3-10(15)7-12(13)17-14(18)8-11-9-21(19,20)6-5-16-11/h3-4,7,11,16H,2,5-6,8-9H2,1H3. The Morgan fingerprint density at radius 2 is 2.29 bits per heavy atom. The number of halogens is 1. The van der Waals surface area contributed by atoms with E-state index in [1.165, 1.54) is 0 Å². The fraction of sp³-hybridized carbons (Fsp3) is 0.500. The van der Waals surface area contributed by atoms with Gasteiger partial charge in [-0.3, -0.25) is 0 Å². The van der Waals surface area contributed by atoms with Crippen LogP contribution in [0.2, 0.25) is 5.02 Å². The number of nitrogens with one attached hydrogen (secondary N) is 1. The first-order valence-electron chi connectivity index (χ1n) is 7.07. The van der Waals surface area contributed by atoms with E-state index in [0.29, 0.717) is 18.0 Å². The molecule has 7 heteroatoms. The van der Waals surface area contributed by atoms with Crippen molar-refractivity contribution in [1.29, 1.82) is 0 Å². The van der Waals surface area contributed by atoms with E-state index in [9.17, 15) is 8.42 Å². The number of benzene rings is 1. The molecule has 0 aliphatic carbocycles. The van der Waals surface area contributed by atoms with E-state index in [0.717, 1.165) is 23.4 Å². The molecular weight excluding hydrogens is 310 g/mol. The van der Waals surface area contributed by atoms with E-state index in [-0.39, 0.29) is 17.5 Å². The second-order valence-electron chi connectivity index (χ2n) is 5.37. The molecule has 0 bridgehead atoms. The molecule has 1 fully saturated rings. The topological polar surface area (TPSA) is 64.0 Å². The maximum atomic E-state index is 11.7. The summed E-state index contributed by atoms with van der Waals surface area (Å²) in [6.07, 6.45) is 0.610. The molecule has 1 aromatic carbocycles. The smallest absolute Gasteiger partial charge is 0.153 e. The first-order valence-corrected chi connectivity index (χ1v) is 9.27. The third-order valence-corrected chi connectivity index (χ3v) is 5.81. The molecule has 1 atom stereocenters. The van der Waals surface area contributed by atoms with Gasteiger partial charge in [-0.15, -0.1) is 0 Å². The molecule has 1 aliphatic rings. The van der Waals surface area contributed by atoms with E-state index in [4.69, 9.17) is 11.6 Å². The summed E-state index contributed by atoms with van der Waals surface area (Å²) in [6.45, 7) is 3.38. The van der Waals surface area contributed by atoms with Gasteiger partial charge in [0.15, 0.2) is 9.84 Å². The molecule has 1 aromatic heterocycles. The average Bonchev–Trinajstić information content (AvgIpc) is 2.73. The maximum Gasteiger partial charge on any atom is 0.153 e. The predicted octanol–water partition coefficient (Wildman–Crippen LogP) is 1.64.